The summed E-state index contributed by atoms with van der Waals surface area (Å²) in [7, 11) is 0. The van der Waals surface area contributed by atoms with Crippen LogP contribution in [-0.2, 0) is 11.3 Å². The lowest BCUT2D eigenvalue weighted by Gasteiger charge is -2.15. The molecule has 0 bridgehead atoms. The van der Waals surface area contributed by atoms with Crippen LogP contribution in [0.15, 0.2) is 30.5 Å². The Morgan fingerprint density at radius 1 is 1.36 bits per heavy atom. The van der Waals surface area contributed by atoms with E-state index in [2.05, 4.69) is 15.4 Å². The molecule has 2 heterocycles. The highest BCUT2D eigenvalue weighted by Crippen LogP contribution is 2.27. The van der Waals surface area contributed by atoms with Crippen LogP contribution in [0.5, 0.6) is 0 Å². The maximum Gasteiger partial charge on any atom is 0.225 e. The summed E-state index contributed by atoms with van der Waals surface area (Å²) in [4.78, 5) is 16.6. The van der Waals surface area contributed by atoms with Gasteiger partial charge in [0.05, 0.1) is 17.9 Å². The van der Waals surface area contributed by atoms with Crippen LogP contribution < -0.4 is 11.1 Å². The molecular formula is C17H25Cl2N5O. The number of pyridine rings is 1. The largest absolute Gasteiger partial charge is 0.327 e. The second kappa shape index (κ2) is 9.75. The molecule has 8 heteroatoms. The molecule has 25 heavy (non-hydrogen) atoms. The summed E-state index contributed by atoms with van der Waals surface area (Å²) in [5, 5.41) is 7.42. The molecule has 138 valence electrons. The van der Waals surface area contributed by atoms with Gasteiger partial charge in [-0.3, -0.25) is 9.78 Å². The minimum absolute atomic E-state index is 0. The number of aromatic nitrogens is 3. The number of nitrogens with two attached hydrogens (primary N) is 1. The Balaban J connectivity index is 0.00000156. The molecule has 0 unspecified atom stereocenters. The minimum atomic E-state index is 0. The third-order valence-corrected chi connectivity index (χ3v) is 4.37. The quantitative estimate of drug-likeness (QED) is 0.827. The van der Waals surface area contributed by atoms with Crippen LogP contribution in [0.4, 0.5) is 5.82 Å². The van der Waals surface area contributed by atoms with E-state index in [1.165, 1.54) is 0 Å². The highest BCUT2D eigenvalue weighted by molar-refractivity contribution is 5.90. The van der Waals surface area contributed by atoms with Crippen molar-refractivity contribution < 1.29 is 4.79 Å². The van der Waals surface area contributed by atoms with E-state index in [1.54, 1.807) is 10.9 Å². The van der Waals surface area contributed by atoms with Crippen molar-refractivity contribution in [1.82, 2.24) is 14.8 Å². The third kappa shape index (κ3) is 5.70. The summed E-state index contributed by atoms with van der Waals surface area (Å²) >= 11 is 0. The van der Waals surface area contributed by atoms with Crippen LogP contribution in [0.2, 0.25) is 0 Å². The van der Waals surface area contributed by atoms with E-state index in [1.807, 2.05) is 31.2 Å². The van der Waals surface area contributed by atoms with Gasteiger partial charge < -0.3 is 11.1 Å². The lowest BCUT2D eigenvalue weighted by Crippen LogP contribution is -2.28. The minimum Gasteiger partial charge on any atom is -0.327 e. The van der Waals surface area contributed by atoms with Gasteiger partial charge in [-0.2, -0.15) is 5.10 Å². The van der Waals surface area contributed by atoms with Crippen molar-refractivity contribution >= 4 is 36.5 Å². The van der Waals surface area contributed by atoms with Crippen molar-refractivity contribution in [3.05, 3.63) is 41.9 Å². The Morgan fingerprint density at radius 3 is 2.80 bits per heavy atom. The van der Waals surface area contributed by atoms with Crippen LogP contribution in [-0.4, -0.2) is 26.7 Å². The predicted molar refractivity (Wildman–Crippen MR) is 103 cm³/mol. The van der Waals surface area contributed by atoms with Crippen molar-refractivity contribution in [3.8, 4) is 0 Å². The Hall–Kier alpha value is -1.63. The van der Waals surface area contributed by atoms with Crippen molar-refractivity contribution in [3.63, 3.8) is 0 Å². The van der Waals surface area contributed by atoms with Crippen LogP contribution in [0.1, 0.15) is 37.1 Å². The standard InChI is InChI=1S/C17H23N5O.2ClH/c1-12-9-16(20-17(23)10-13-5-4-7-15(13)18)22(21-12)11-14-6-2-3-8-19-14;;/h2-3,6,8-9,13,15H,4-5,7,10-11,18H2,1H3,(H,20,23);2*1H/t13-,15+;;/m0../s1. The number of rotatable bonds is 5. The molecular weight excluding hydrogens is 361 g/mol. The van der Waals surface area contributed by atoms with Crippen LogP contribution in [0, 0.1) is 12.8 Å². The van der Waals surface area contributed by atoms with Gasteiger partial charge in [0.25, 0.3) is 0 Å². The van der Waals surface area contributed by atoms with E-state index in [-0.39, 0.29) is 36.8 Å². The number of anilines is 1. The molecule has 1 aliphatic carbocycles. The molecule has 3 rings (SSSR count). The fourth-order valence-electron chi connectivity index (χ4n) is 3.16. The van der Waals surface area contributed by atoms with E-state index < -0.39 is 0 Å². The van der Waals surface area contributed by atoms with Gasteiger partial charge in [0.2, 0.25) is 5.91 Å². The molecule has 0 aliphatic heterocycles. The van der Waals surface area contributed by atoms with Crippen LogP contribution in [0.3, 0.4) is 0 Å². The molecule has 1 saturated carbocycles. The van der Waals surface area contributed by atoms with Gasteiger partial charge >= 0.3 is 0 Å². The predicted octanol–water partition coefficient (Wildman–Crippen LogP) is 2.93. The van der Waals surface area contributed by atoms with Gasteiger partial charge in [0, 0.05) is 24.7 Å². The average Bonchev–Trinajstić information content (AvgIpc) is 3.06. The molecule has 0 radical (unpaired) electrons. The lowest BCUT2D eigenvalue weighted by atomic mass is 10.00. The second-order valence-corrected chi connectivity index (χ2v) is 6.26. The zero-order valence-corrected chi connectivity index (χ0v) is 15.9. The average molecular weight is 386 g/mol. The van der Waals surface area contributed by atoms with Gasteiger partial charge in [-0.1, -0.05) is 12.5 Å². The van der Waals surface area contributed by atoms with Crippen molar-refractivity contribution in [2.75, 3.05) is 5.32 Å². The highest BCUT2D eigenvalue weighted by Gasteiger charge is 2.26. The number of nitrogens with one attached hydrogen (secondary N) is 1. The Bertz CT molecular complexity index is 677. The summed E-state index contributed by atoms with van der Waals surface area (Å²) in [5.41, 5.74) is 7.83. The van der Waals surface area contributed by atoms with E-state index >= 15 is 0 Å². The van der Waals surface area contributed by atoms with Crippen molar-refractivity contribution in [1.29, 1.82) is 0 Å². The molecule has 1 fully saturated rings. The zero-order chi connectivity index (χ0) is 16.2. The molecule has 1 aliphatic rings. The van der Waals surface area contributed by atoms with E-state index in [0.29, 0.717) is 24.7 Å². The van der Waals surface area contributed by atoms with E-state index in [0.717, 1.165) is 30.7 Å². The SMILES string of the molecule is Cc1cc(NC(=O)C[C@@H]2CCC[C@H]2N)n(Cc2ccccn2)n1.Cl.Cl. The Labute approximate surface area is 160 Å². The molecule has 0 aromatic carbocycles. The van der Waals surface area contributed by atoms with Crippen LogP contribution >= 0.6 is 24.8 Å². The van der Waals surface area contributed by atoms with Crippen molar-refractivity contribution in [2.45, 2.75) is 45.2 Å². The van der Waals surface area contributed by atoms with Gasteiger partial charge in [-0.25, -0.2) is 4.68 Å². The Morgan fingerprint density at radius 2 is 2.16 bits per heavy atom. The van der Waals surface area contributed by atoms with Gasteiger partial charge in [0.15, 0.2) is 0 Å². The first-order chi connectivity index (χ1) is 11.1. The first-order valence-electron chi connectivity index (χ1n) is 8.11. The topological polar surface area (TPSA) is 85.8 Å². The fraction of sp³-hybridized carbons (Fsp3) is 0.471. The molecule has 2 atom stereocenters. The number of hydrogen-bond acceptors (Lipinski definition) is 4. The number of aryl methyl sites for hydroxylation is 1. The van der Waals surface area contributed by atoms with Crippen LogP contribution in [0.25, 0.3) is 0 Å². The number of carbonyl (C=O) groups is 1. The number of hydrogen-bond donors (Lipinski definition) is 2. The number of carbonyl (C=O) groups excluding carboxylic acids is 1. The number of halogens is 2. The summed E-state index contributed by atoms with van der Waals surface area (Å²) < 4.78 is 1.78. The first-order valence-corrected chi connectivity index (χ1v) is 8.11. The monoisotopic (exact) mass is 385 g/mol. The summed E-state index contributed by atoms with van der Waals surface area (Å²) in [6.07, 6.45) is 5.42. The molecule has 2 aromatic rings. The molecule has 3 N–H and O–H groups in total. The molecule has 0 spiro atoms. The molecule has 2 aromatic heterocycles. The van der Waals surface area contributed by atoms with Gasteiger partial charge in [-0.05, 0) is 37.8 Å². The Kier molecular flexibility index (Phi) is 8.35. The maximum atomic E-state index is 12.3. The highest BCUT2D eigenvalue weighted by atomic mass is 35.5. The summed E-state index contributed by atoms with van der Waals surface area (Å²) in [6.45, 7) is 2.45. The smallest absolute Gasteiger partial charge is 0.225 e. The number of amides is 1. The molecule has 1 amide bonds. The fourth-order valence-corrected chi connectivity index (χ4v) is 3.16. The second-order valence-electron chi connectivity index (χ2n) is 6.26. The van der Waals surface area contributed by atoms with E-state index in [9.17, 15) is 4.79 Å². The number of nitrogens with zero attached hydrogens (tertiary/aromatic N) is 3. The molecule has 6 nitrogen and oxygen atoms in total. The normalized spacial score (nSPS) is 19.0. The summed E-state index contributed by atoms with van der Waals surface area (Å²) in [6, 6.07) is 7.81. The molecule has 0 saturated heterocycles. The van der Waals surface area contributed by atoms with Gasteiger partial charge in [-0.15, -0.1) is 24.8 Å². The zero-order valence-electron chi connectivity index (χ0n) is 14.2. The van der Waals surface area contributed by atoms with Crippen molar-refractivity contribution in [2.24, 2.45) is 11.7 Å². The first kappa shape index (κ1) is 21.4. The van der Waals surface area contributed by atoms with Gasteiger partial charge in [0.1, 0.15) is 5.82 Å². The summed E-state index contributed by atoms with van der Waals surface area (Å²) in [5.74, 6) is 1.02. The lowest BCUT2D eigenvalue weighted by molar-refractivity contribution is -0.117. The third-order valence-electron chi connectivity index (χ3n) is 4.37. The maximum absolute atomic E-state index is 12.3. The van der Waals surface area contributed by atoms with E-state index in [4.69, 9.17) is 5.73 Å².